The number of imide groups is 1. The highest BCUT2D eigenvalue weighted by atomic mass is 16.2. The Morgan fingerprint density at radius 1 is 1.00 bits per heavy atom. The van der Waals surface area contributed by atoms with E-state index in [1.54, 1.807) is 31.2 Å². The summed E-state index contributed by atoms with van der Waals surface area (Å²) in [5.41, 5.74) is 2.74. The largest absolute Gasteiger partial charge is 0.337 e. The Bertz CT molecular complexity index is 1000. The second-order valence-electron chi connectivity index (χ2n) is 8.46. The number of amides is 4. The van der Waals surface area contributed by atoms with Crippen molar-refractivity contribution >= 4 is 17.8 Å². The molecular weight excluding hydrogens is 392 g/mol. The van der Waals surface area contributed by atoms with Crippen molar-refractivity contribution in [3.8, 4) is 0 Å². The van der Waals surface area contributed by atoms with Gasteiger partial charge in [0.25, 0.3) is 11.8 Å². The molecule has 2 fully saturated rings. The van der Waals surface area contributed by atoms with Gasteiger partial charge in [-0.2, -0.15) is 0 Å². The molecule has 7 nitrogen and oxygen atoms in total. The van der Waals surface area contributed by atoms with Crippen molar-refractivity contribution < 1.29 is 14.4 Å². The van der Waals surface area contributed by atoms with Crippen LogP contribution in [0.3, 0.4) is 0 Å². The van der Waals surface area contributed by atoms with Gasteiger partial charge in [-0.05, 0) is 49.1 Å². The highest BCUT2D eigenvalue weighted by molar-refractivity contribution is 6.07. The van der Waals surface area contributed by atoms with Crippen molar-refractivity contribution in [3.05, 3.63) is 70.8 Å². The molecule has 0 radical (unpaired) electrons. The van der Waals surface area contributed by atoms with Gasteiger partial charge in [0.2, 0.25) is 0 Å². The molecule has 2 saturated heterocycles. The third-order valence-corrected chi connectivity index (χ3v) is 6.28. The molecule has 2 heterocycles. The van der Waals surface area contributed by atoms with Crippen LogP contribution in [0.2, 0.25) is 0 Å². The van der Waals surface area contributed by atoms with Gasteiger partial charge in [-0.3, -0.25) is 19.8 Å². The van der Waals surface area contributed by atoms with Crippen LogP contribution < -0.4 is 10.6 Å². The maximum atomic E-state index is 13.1. The van der Waals surface area contributed by atoms with Crippen LogP contribution in [-0.2, 0) is 16.9 Å². The Hall–Kier alpha value is -3.19. The average Bonchev–Trinajstić information content (AvgIpc) is 2.91. The number of benzene rings is 2. The van der Waals surface area contributed by atoms with Crippen molar-refractivity contribution in [3.63, 3.8) is 0 Å². The molecule has 7 heteroatoms. The summed E-state index contributed by atoms with van der Waals surface area (Å²) in [5, 5.41) is 4.90. The standard InChI is InChI=1S/C24H28N4O3/c1-17-6-3-4-7-19(17)16-27-12-5-13-28(15-14-27)21(29)18-8-10-20(11-9-18)24(2)22(30)25-23(31)26-24/h3-4,6-11H,5,12-16H2,1-2H3,(H2,25,26,30,31). The van der Waals surface area contributed by atoms with E-state index in [9.17, 15) is 14.4 Å². The molecule has 4 rings (SSSR count). The van der Waals surface area contributed by atoms with Gasteiger partial charge in [-0.1, -0.05) is 36.4 Å². The third kappa shape index (κ3) is 4.32. The van der Waals surface area contributed by atoms with Gasteiger partial charge in [0.05, 0.1) is 0 Å². The smallest absolute Gasteiger partial charge is 0.322 e. The first kappa shape index (κ1) is 21.1. The van der Waals surface area contributed by atoms with E-state index in [1.807, 2.05) is 4.90 Å². The van der Waals surface area contributed by atoms with Crippen LogP contribution in [0, 0.1) is 6.92 Å². The summed E-state index contributed by atoms with van der Waals surface area (Å²) in [6.07, 6.45) is 0.931. The molecule has 2 aromatic rings. The second kappa shape index (κ2) is 8.51. The number of carbonyl (C=O) groups excluding carboxylic acids is 3. The molecule has 162 valence electrons. The first-order valence-electron chi connectivity index (χ1n) is 10.7. The Kier molecular flexibility index (Phi) is 5.78. The maximum absolute atomic E-state index is 13.1. The molecule has 2 N–H and O–H groups in total. The van der Waals surface area contributed by atoms with E-state index in [1.165, 1.54) is 11.1 Å². The fourth-order valence-electron chi connectivity index (χ4n) is 4.24. The number of hydrogen-bond donors (Lipinski definition) is 2. The lowest BCUT2D eigenvalue weighted by Gasteiger charge is -2.24. The average molecular weight is 421 g/mol. The third-order valence-electron chi connectivity index (χ3n) is 6.28. The zero-order valence-corrected chi connectivity index (χ0v) is 18.0. The Morgan fingerprint density at radius 2 is 1.74 bits per heavy atom. The minimum Gasteiger partial charge on any atom is -0.337 e. The highest BCUT2D eigenvalue weighted by Gasteiger charge is 2.43. The van der Waals surface area contributed by atoms with Crippen LogP contribution in [0.25, 0.3) is 0 Å². The molecule has 0 aliphatic carbocycles. The van der Waals surface area contributed by atoms with Gasteiger partial charge in [0, 0.05) is 38.3 Å². The van der Waals surface area contributed by atoms with Crippen molar-refractivity contribution in [1.82, 2.24) is 20.4 Å². The van der Waals surface area contributed by atoms with Gasteiger partial charge in [0.15, 0.2) is 0 Å². The molecule has 4 amide bonds. The molecule has 31 heavy (non-hydrogen) atoms. The van der Waals surface area contributed by atoms with Gasteiger partial charge in [0.1, 0.15) is 5.54 Å². The Labute approximate surface area is 182 Å². The van der Waals surface area contributed by atoms with Gasteiger partial charge in [-0.25, -0.2) is 4.79 Å². The highest BCUT2D eigenvalue weighted by Crippen LogP contribution is 2.25. The molecule has 2 aliphatic heterocycles. The lowest BCUT2D eigenvalue weighted by Crippen LogP contribution is -2.40. The van der Waals surface area contributed by atoms with E-state index < -0.39 is 17.5 Å². The monoisotopic (exact) mass is 420 g/mol. The molecule has 1 unspecified atom stereocenters. The van der Waals surface area contributed by atoms with E-state index in [0.717, 1.165) is 32.6 Å². The van der Waals surface area contributed by atoms with Crippen LogP contribution in [0.15, 0.2) is 48.5 Å². The number of nitrogens with zero attached hydrogens (tertiary/aromatic N) is 2. The van der Waals surface area contributed by atoms with Gasteiger partial charge < -0.3 is 10.2 Å². The number of carbonyl (C=O) groups is 3. The van der Waals surface area contributed by atoms with Crippen LogP contribution >= 0.6 is 0 Å². The topological polar surface area (TPSA) is 81.8 Å². The van der Waals surface area contributed by atoms with Crippen molar-refractivity contribution in [2.75, 3.05) is 26.2 Å². The molecule has 2 aliphatic rings. The second-order valence-corrected chi connectivity index (χ2v) is 8.46. The molecule has 2 aromatic carbocycles. The summed E-state index contributed by atoms with van der Waals surface area (Å²) in [6, 6.07) is 14.9. The van der Waals surface area contributed by atoms with Crippen LogP contribution in [0.1, 0.15) is 40.4 Å². The summed E-state index contributed by atoms with van der Waals surface area (Å²) in [6.45, 7) is 7.89. The number of urea groups is 1. The number of rotatable bonds is 4. The van der Waals surface area contributed by atoms with Gasteiger partial charge >= 0.3 is 6.03 Å². The molecule has 0 spiro atoms. The summed E-state index contributed by atoms with van der Waals surface area (Å²) in [4.78, 5) is 41.0. The predicted molar refractivity (Wildman–Crippen MR) is 117 cm³/mol. The lowest BCUT2D eigenvalue weighted by molar-refractivity contribution is -0.123. The zero-order valence-electron chi connectivity index (χ0n) is 18.0. The van der Waals surface area contributed by atoms with E-state index in [-0.39, 0.29) is 5.91 Å². The molecular formula is C24H28N4O3. The SMILES string of the molecule is Cc1ccccc1CN1CCCN(C(=O)c2ccc(C3(C)NC(=O)NC3=O)cc2)CC1. The van der Waals surface area contributed by atoms with E-state index in [4.69, 9.17) is 0 Å². The van der Waals surface area contributed by atoms with Gasteiger partial charge in [-0.15, -0.1) is 0 Å². The summed E-state index contributed by atoms with van der Waals surface area (Å²) < 4.78 is 0. The normalized spacial score (nSPS) is 22.1. The van der Waals surface area contributed by atoms with E-state index in [0.29, 0.717) is 17.7 Å². The maximum Gasteiger partial charge on any atom is 0.322 e. The minimum absolute atomic E-state index is 0.00523. The fraction of sp³-hybridized carbons (Fsp3) is 0.375. The number of hydrogen-bond acceptors (Lipinski definition) is 4. The van der Waals surface area contributed by atoms with Crippen molar-refractivity contribution in [2.45, 2.75) is 32.4 Å². The summed E-state index contributed by atoms with van der Waals surface area (Å²) in [5.74, 6) is -0.396. The van der Waals surface area contributed by atoms with E-state index in [2.05, 4.69) is 46.7 Å². The molecule has 1 atom stereocenters. The molecule has 0 aromatic heterocycles. The zero-order chi connectivity index (χ0) is 22.0. The molecule has 0 saturated carbocycles. The number of aryl methyl sites for hydroxylation is 1. The first-order chi connectivity index (χ1) is 14.9. The quantitative estimate of drug-likeness (QED) is 0.745. The van der Waals surface area contributed by atoms with Crippen molar-refractivity contribution in [1.29, 1.82) is 0 Å². The van der Waals surface area contributed by atoms with Crippen LogP contribution in [0.4, 0.5) is 4.79 Å². The summed E-state index contributed by atoms with van der Waals surface area (Å²) >= 11 is 0. The Balaban J connectivity index is 1.40. The first-order valence-corrected chi connectivity index (χ1v) is 10.7. The van der Waals surface area contributed by atoms with Crippen LogP contribution in [0.5, 0.6) is 0 Å². The molecule has 0 bridgehead atoms. The van der Waals surface area contributed by atoms with E-state index >= 15 is 0 Å². The number of nitrogens with one attached hydrogen (secondary N) is 2. The lowest BCUT2D eigenvalue weighted by atomic mass is 9.91. The summed E-state index contributed by atoms with van der Waals surface area (Å²) in [7, 11) is 0. The van der Waals surface area contributed by atoms with Crippen molar-refractivity contribution in [2.24, 2.45) is 0 Å². The predicted octanol–water partition coefficient (Wildman–Crippen LogP) is 2.40. The fourth-order valence-corrected chi connectivity index (χ4v) is 4.24. The minimum atomic E-state index is -1.11. The Morgan fingerprint density at radius 3 is 2.42 bits per heavy atom. The van der Waals surface area contributed by atoms with Crippen LogP contribution in [-0.4, -0.2) is 53.8 Å².